The lowest BCUT2D eigenvalue weighted by molar-refractivity contribution is -0.384. The molecule has 3 aromatic rings. The van der Waals surface area contributed by atoms with E-state index in [1.165, 1.54) is 66.7 Å². The van der Waals surface area contributed by atoms with Gasteiger partial charge >= 0.3 is 0 Å². The Kier molecular flexibility index (Phi) is 7.30. The molecule has 4 rings (SSSR count). The topological polar surface area (TPSA) is 102 Å². The van der Waals surface area contributed by atoms with Crippen molar-refractivity contribution in [3.05, 3.63) is 103 Å². The monoisotopic (exact) mass is 545 g/mol. The third-order valence-electron chi connectivity index (χ3n) is 5.06. The molecule has 36 heavy (non-hydrogen) atoms. The van der Waals surface area contributed by atoms with Gasteiger partial charge in [0.2, 0.25) is 0 Å². The Labute approximate surface area is 219 Å². The Hall–Kier alpha value is -3.86. The average Bonchev–Trinajstić information content (AvgIpc) is 2.82. The molecular formula is C24H14Cl2FN3O5S. The Morgan fingerprint density at radius 1 is 1.08 bits per heavy atom. The van der Waals surface area contributed by atoms with Crippen molar-refractivity contribution in [2.75, 3.05) is 4.90 Å². The Morgan fingerprint density at radius 2 is 1.72 bits per heavy atom. The Morgan fingerprint density at radius 3 is 2.33 bits per heavy atom. The SMILES string of the molecule is O=C1NC(=S)N(c2ccccc2F)C(=O)/C1=C/c1cc(Cl)c(OCc2ccc([N+](=O)[O-])cc2)c(Cl)c1. The van der Waals surface area contributed by atoms with E-state index in [2.05, 4.69) is 5.32 Å². The summed E-state index contributed by atoms with van der Waals surface area (Å²) in [5.74, 6) is -2.13. The second-order valence-electron chi connectivity index (χ2n) is 7.44. The first-order valence-corrected chi connectivity index (χ1v) is 11.3. The maximum absolute atomic E-state index is 14.3. The van der Waals surface area contributed by atoms with Crippen LogP contribution in [0.2, 0.25) is 10.0 Å². The molecule has 0 radical (unpaired) electrons. The molecule has 0 aromatic heterocycles. The lowest BCUT2D eigenvalue weighted by Crippen LogP contribution is -2.54. The molecule has 1 saturated heterocycles. The van der Waals surface area contributed by atoms with Crippen molar-refractivity contribution < 1.29 is 23.6 Å². The first kappa shape index (κ1) is 25.2. The number of nitrogens with zero attached hydrogens (tertiary/aromatic N) is 2. The van der Waals surface area contributed by atoms with Gasteiger partial charge in [0.25, 0.3) is 17.5 Å². The van der Waals surface area contributed by atoms with Crippen molar-refractivity contribution >= 4 is 69.8 Å². The number of para-hydroxylation sites is 1. The number of amides is 2. The van der Waals surface area contributed by atoms with Gasteiger partial charge in [-0.15, -0.1) is 0 Å². The highest BCUT2D eigenvalue weighted by Crippen LogP contribution is 2.36. The van der Waals surface area contributed by atoms with E-state index >= 15 is 0 Å². The van der Waals surface area contributed by atoms with Crippen LogP contribution in [0.3, 0.4) is 0 Å². The fourth-order valence-electron chi connectivity index (χ4n) is 3.35. The van der Waals surface area contributed by atoms with E-state index in [1.54, 1.807) is 0 Å². The number of nitro groups is 1. The Bertz CT molecular complexity index is 1420. The largest absolute Gasteiger partial charge is 0.486 e. The minimum Gasteiger partial charge on any atom is -0.486 e. The number of carbonyl (C=O) groups excluding carboxylic acids is 2. The maximum Gasteiger partial charge on any atom is 0.270 e. The molecule has 0 spiro atoms. The van der Waals surface area contributed by atoms with Gasteiger partial charge in [-0.2, -0.15) is 0 Å². The highest BCUT2D eigenvalue weighted by atomic mass is 35.5. The summed E-state index contributed by atoms with van der Waals surface area (Å²) in [5.41, 5.74) is 0.492. The van der Waals surface area contributed by atoms with Crippen LogP contribution in [0, 0.1) is 15.9 Å². The van der Waals surface area contributed by atoms with Crippen LogP contribution in [0.15, 0.2) is 66.2 Å². The summed E-state index contributed by atoms with van der Waals surface area (Å²) < 4.78 is 20.0. The number of anilines is 1. The predicted molar refractivity (Wildman–Crippen MR) is 136 cm³/mol. The van der Waals surface area contributed by atoms with Crippen LogP contribution in [-0.2, 0) is 16.2 Å². The van der Waals surface area contributed by atoms with E-state index in [0.29, 0.717) is 11.1 Å². The highest BCUT2D eigenvalue weighted by molar-refractivity contribution is 7.80. The Balaban J connectivity index is 1.58. The summed E-state index contributed by atoms with van der Waals surface area (Å²) in [6, 6.07) is 14.2. The lowest BCUT2D eigenvalue weighted by Gasteiger charge is -2.29. The molecule has 0 unspecified atom stereocenters. The zero-order valence-electron chi connectivity index (χ0n) is 18.0. The summed E-state index contributed by atoms with van der Waals surface area (Å²) in [5, 5.41) is 13.1. The fraction of sp³-hybridized carbons (Fsp3) is 0.0417. The molecule has 0 atom stereocenters. The normalized spacial score (nSPS) is 14.7. The molecule has 1 heterocycles. The number of ether oxygens (including phenoxy) is 1. The van der Waals surface area contributed by atoms with Crippen molar-refractivity contribution in [3.8, 4) is 5.75 Å². The van der Waals surface area contributed by atoms with Crippen molar-refractivity contribution in [2.24, 2.45) is 0 Å². The van der Waals surface area contributed by atoms with Gasteiger partial charge in [-0.3, -0.25) is 25.0 Å². The number of nitrogens with one attached hydrogen (secondary N) is 1. The summed E-state index contributed by atoms with van der Waals surface area (Å²) in [4.78, 5) is 36.7. The molecule has 1 fully saturated rings. The van der Waals surface area contributed by atoms with Crippen molar-refractivity contribution in [3.63, 3.8) is 0 Å². The van der Waals surface area contributed by atoms with Crippen LogP contribution < -0.4 is 15.0 Å². The van der Waals surface area contributed by atoms with Crippen molar-refractivity contribution in [2.45, 2.75) is 6.61 Å². The minimum absolute atomic E-state index is 0.0355. The molecule has 1 aliphatic heterocycles. The zero-order chi connectivity index (χ0) is 26.0. The van der Waals surface area contributed by atoms with Gasteiger partial charge in [0.1, 0.15) is 18.0 Å². The van der Waals surface area contributed by atoms with E-state index in [0.717, 1.165) is 4.90 Å². The zero-order valence-corrected chi connectivity index (χ0v) is 20.4. The van der Waals surface area contributed by atoms with E-state index in [1.807, 2.05) is 0 Å². The van der Waals surface area contributed by atoms with Crippen LogP contribution in [0.4, 0.5) is 15.8 Å². The number of hydrogen-bond acceptors (Lipinski definition) is 6. The number of hydrogen-bond donors (Lipinski definition) is 1. The summed E-state index contributed by atoms with van der Waals surface area (Å²) >= 11 is 17.7. The summed E-state index contributed by atoms with van der Waals surface area (Å²) in [7, 11) is 0. The lowest BCUT2D eigenvalue weighted by atomic mass is 10.1. The number of non-ortho nitro benzene ring substituents is 1. The molecule has 12 heteroatoms. The number of thiocarbonyl (C=S) groups is 1. The van der Waals surface area contributed by atoms with Crippen LogP contribution in [-0.4, -0.2) is 21.9 Å². The predicted octanol–water partition coefficient (Wildman–Crippen LogP) is 5.45. The summed E-state index contributed by atoms with van der Waals surface area (Å²) in [6.07, 6.45) is 1.26. The minimum atomic E-state index is -0.820. The second-order valence-corrected chi connectivity index (χ2v) is 8.64. The van der Waals surface area contributed by atoms with E-state index in [9.17, 15) is 24.1 Å². The van der Waals surface area contributed by atoms with Gasteiger partial charge in [-0.05, 0) is 65.8 Å². The molecule has 2 amide bonds. The molecule has 0 saturated carbocycles. The number of halogens is 3. The number of rotatable bonds is 6. The van der Waals surface area contributed by atoms with Gasteiger partial charge in [0.05, 0.1) is 20.7 Å². The van der Waals surface area contributed by atoms with E-state index in [-0.39, 0.29) is 44.5 Å². The van der Waals surface area contributed by atoms with E-state index < -0.39 is 22.6 Å². The molecule has 1 N–H and O–H groups in total. The smallest absolute Gasteiger partial charge is 0.270 e. The number of nitro benzene ring substituents is 1. The fourth-order valence-corrected chi connectivity index (χ4v) is 4.23. The first-order chi connectivity index (χ1) is 17.2. The van der Waals surface area contributed by atoms with Crippen LogP contribution in [0.1, 0.15) is 11.1 Å². The van der Waals surface area contributed by atoms with Gasteiger partial charge in [0, 0.05) is 12.1 Å². The number of carbonyl (C=O) groups is 2. The van der Waals surface area contributed by atoms with Crippen LogP contribution in [0.5, 0.6) is 5.75 Å². The quantitative estimate of drug-likeness (QED) is 0.145. The van der Waals surface area contributed by atoms with Crippen molar-refractivity contribution in [1.29, 1.82) is 0 Å². The third kappa shape index (κ3) is 5.20. The van der Waals surface area contributed by atoms with Gasteiger partial charge in [-0.1, -0.05) is 35.3 Å². The van der Waals surface area contributed by atoms with Crippen molar-refractivity contribution in [1.82, 2.24) is 5.32 Å². The average molecular weight is 546 g/mol. The molecule has 0 aliphatic carbocycles. The first-order valence-electron chi connectivity index (χ1n) is 10.2. The van der Waals surface area contributed by atoms with Gasteiger partial charge in [0.15, 0.2) is 10.9 Å². The molecule has 3 aromatic carbocycles. The van der Waals surface area contributed by atoms with Gasteiger partial charge in [-0.25, -0.2) is 9.29 Å². The van der Waals surface area contributed by atoms with Crippen LogP contribution in [0.25, 0.3) is 6.08 Å². The van der Waals surface area contributed by atoms with Gasteiger partial charge < -0.3 is 4.74 Å². The third-order valence-corrected chi connectivity index (χ3v) is 5.90. The highest BCUT2D eigenvalue weighted by Gasteiger charge is 2.35. The van der Waals surface area contributed by atoms with E-state index in [4.69, 9.17) is 40.2 Å². The molecule has 1 aliphatic rings. The standard InChI is InChI=1S/C24H14Cl2FN3O5S/c25-17-10-14(11-18(26)21(17)35-12-13-5-7-15(8-6-13)30(33)34)9-16-22(31)28-24(36)29(23(16)32)20-4-2-1-3-19(20)27/h1-11H,12H2,(H,28,31,36)/b16-9+. The maximum atomic E-state index is 14.3. The molecular weight excluding hydrogens is 532 g/mol. The van der Waals surface area contributed by atoms with Crippen LogP contribution >= 0.6 is 35.4 Å². The molecule has 182 valence electrons. The second kappa shape index (κ2) is 10.4. The number of benzene rings is 3. The summed E-state index contributed by atoms with van der Waals surface area (Å²) in [6.45, 7) is 0.0355. The molecule has 8 nitrogen and oxygen atoms in total. The molecule has 0 bridgehead atoms.